The Morgan fingerprint density at radius 3 is 1.73 bits per heavy atom. The molecule has 1 heterocycles. The monoisotopic (exact) mass is 485 g/mol. The number of hydrogen-bond acceptors (Lipinski definition) is 2. The van der Waals surface area contributed by atoms with E-state index in [0.29, 0.717) is 11.8 Å². The van der Waals surface area contributed by atoms with Crippen LogP contribution in [0.3, 0.4) is 0 Å². The summed E-state index contributed by atoms with van der Waals surface area (Å²) in [5.41, 5.74) is 8.21. The van der Waals surface area contributed by atoms with E-state index in [0.717, 1.165) is 22.8 Å². The molecule has 0 aliphatic rings. The van der Waals surface area contributed by atoms with Gasteiger partial charge in [0.1, 0.15) is 11.9 Å². The summed E-state index contributed by atoms with van der Waals surface area (Å²) in [6.07, 6.45) is 2.16. The second-order valence-corrected chi connectivity index (χ2v) is 10.2. The molecule has 0 saturated heterocycles. The van der Waals surface area contributed by atoms with Gasteiger partial charge in [-0.3, -0.25) is 0 Å². The number of rotatable bonds is 8. The molecule has 0 bridgehead atoms. The van der Waals surface area contributed by atoms with Crippen molar-refractivity contribution in [2.24, 2.45) is 0 Å². The molecule has 0 saturated carbocycles. The van der Waals surface area contributed by atoms with Gasteiger partial charge in [-0.05, 0) is 40.7 Å². The molecule has 0 aliphatic heterocycles. The topological polar surface area (TPSA) is 29.9 Å². The van der Waals surface area contributed by atoms with Gasteiger partial charge in [0, 0.05) is 23.1 Å². The van der Waals surface area contributed by atoms with Crippen molar-refractivity contribution in [3.63, 3.8) is 0 Å². The summed E-state index contributed by atoms with van der Waals surface area (Å²) in [6.45, 7) is 9.06. The first-order valence-electron chi connectivity index (χ1n) is 13.2. The van der Waals surface area contributed by atoms with Crippen LogP contribution in [0.2, 0.25) is 0 Å². The molecular formula is C34H35N3. The molecule has 0 radical (unpaired) electrons. The Morgan fingerprint density at radius 2 is 1.16 bits per heavy atom. The molecule has 186 valence electrons. The maximum absolute atomic E-state index is 5.28. The maximum atomic E-state index is 5.28. The number of hydrogen-bond donors (Lipinski definition) is 1. The predicted octanol–water partition coefficient (Wildman–Crippen LogP) is 8.99. The highest BCUT2D eigenvalue weighted by Crippen LogP contribution is 2.37. The lowest BCUT2D eigenvalue weighted by molar-refractivity contribution is 0.780. The second-order valence-electron chi connectivity index (χ2n) is 10.2. The number of imidazole rings is 1. The molecule has 0 spiro atoms. The minimum absolute atomic E-state index is 0.142. The summed E-state index contributed by atoms with van der Waals surface area (Å²) < 4.78 is 2.24. The molecule has 3 heteroatoms. The second kappa shape index (κ2) is 10.9. The van der Waals surface area contributed by atoms with E-state index >= 15 is 0 Å². The summed E-state index contributed by atoms with van der Waals surface area (Å²) in [5.74, 6) is 1.75. The highest BCUT2D eigenvalue weighted by atomic mass is 15.1. The smallest absolute Gasteiger partial charge is 0.141 e. The first-order chi connectivity index (χ1) is 18.0. The van der Waals surface area contributed by atoms with Crippen molar-refractivity contribution in [2.75, 3.05) is 5.32 Å². The standard InChI is InChI=1S/C34H35N3/c1-24(2)29-21-14-22-30(25(3)4)33(29)36-32(27-17-10-6-11-18-27)34-35-31(26-15-8-5-9-16-26)23-37(34)28-19-12-7-13-20-28/h5-25,32,36H,1-4H3. The highest BCUT2D eigenvalue weighted by molar-refractivity contribution is 5.64. The van der Waals surface area contributed by atoms with Crippen molar-refractivity contribution < 1.29 is 0 Å². The fourth-order valence-corrected chi connectivity index (χ4v) is 4.95. The largest absolute Gasteiger partial charge is 0.371 e. The molecule has 0 fully saturated rings. The van der Waals surface area contributed by atoms with Crippen LogP contribution in [0.1, 0.15) is 68.1 Å². The third-order valence-electron chi connectivity index (χ3n) is 6.89. The van der Waals surface area contributed by atoms with Crippen molar-refractivity contribution in [3.8, 4) is 16.9 Å². The van der Waals surface area contributed by atoms with Gasteiger partial charge in [0.05, 0.1) is 5.69 Å². The molecule has 1 aromatic heterocycles. The predicted molar refractivity (Wildman–Crippen MR) is 156 cm³/mol. The van der Waals surface area contributed by atoms with Crippen LogP contribution in [-0.2, 0) is 0 Å². The zero-order chi connectivity index (χ0) is 25.8. The molecule has 0 amide bonds. The molecule has 37 heavy (non-hydrogen) atoms. The van der Waals surface area contributed by atoms with Gasteiger partial charge >= 0.3 is 0 Å². The first kappa shape index (κ1) is 24.6. The van der Waals surface area contributed by atoms with Gasteiger partial charge in [0.2, 0.25) is 0 Å². The van der Waals surface area contributed by atoms with Crippen LogP contribution in [0.25, 0.3) is 16.9 Å². The molecule has 0 aliphatic carbocycles. The van der Waals surface area contributed by atoms with Crippen LogP contribution in [0, 0.1) is 0 Å². The Hall–Kier alpha value is -4.11. The van der Waals surface area contributed by atoms with Crippen molar-refractivity contribution in [1.29, 1.82) is 0 Å². The molecule has 3 nitrogen and oxygen atoms in total. The summed E-state index contributed by atoms with van der Waals surface area (Å²) in [7, 11) is 0. The third kappa shape index (κ3) is 5.22. The lowest BCUT2D eigenvalue weighted by Crippen LogP contribution is -2.19. The van der Waals surface area contributed by atoms with E-state index in [2.05, 4.69) is 147 Å². The first-order valence-corrected chi connectivity index (χ1v) is 13.2. The maximum Gasteiger partial charge on any atom is 0.141 e. The van der Waals surface area contributed by atoms with Crippen LogP contribution < -0.4 is 5.32 Å². The van der Waals surface area contributed by atoms with Gasteiger partial charge in [-0.1, -0.05) is 125 Å². The zero-order valence-electron chi connectivity index (χ0n) is 22.1. The van der Waals surface area contributed by atoms with Gasteiger partial charge in [-0.2, -0.15) is 0 Å². The molecule has 1 unspecified atom stereocenters. The number of anilines is 1. The van der Waals surface area contributed by atoms with Crippen LogP contribution in [-0.4, -0.2) is 9.55 Å². The van der Waals surface area contributed by atoms with E-state index in [9.17, 15) is 0 Å². The van der Waals surface area contributed by atoms with Gasteiger partial charge in [0.15, 0.2) is 0 Å². The highest BCUT2D eigenvalue weighted by Gasteiger charge is 2.25. The van der Waals surface area contributed by atoms with Crippen LogP contribution in [0.5, 0.6) is 0 Å². The minimum Gasteiger partial charge on any atom is -0.371 e. The normalized spacial score (nSPS) is 12.2. The van der Waals surface area contributed by atoms with E-state index < -0.39 is 0 Å². The number of para-hydroxylation sites is 2. The minimum atomic E-state index is -0.142. The average molecular weight is 486 g/mol. The summed E-state index contributed by atoms with van der Waals surface area (Å²) >= 11 is 0. The Morgan fingerprint density at radius 1 is 0.622 bits per heavy atom. The van der Waals surface area contributed by atoms with Gasteiger partial charge in [-0.25, -0.2) is 4.98 Å². The SMILES string of the molecule is CC(C)c1cccc(C(C)C)c1NC(c1ccccc1)c1nc(-c2ccccc2)cn1-c1ccccc1. The van der Waals surface area contributed by atoms with Crippen LogP contribution in [0.4, 0.5) is 5.69 Å². The number of benzene rings is 4. The summed E-state index contributed by atoms with van der Waals surface area (Å²) in [5, 5.41) is 4.00. The molecule has 1 atom stereocenters. The lowest BCUT2D eigenvalue weighted by atomic mass is 9.91. The Bertz CT molecular complexity index is 1410. The molecular weight excluding hydrogens is 450 g/mol. The van der Waals surface area contributed by atoms with Crippen molar-refractivity contribution >= 4 is 5.69 Å². The van der Waals surface area contributed by atoms with Gasteiger partial charge in [-0.15, -0.1) is 0 Å². The van der Waals surface area contributed by atoms with Crippen molar-refractivity contribution in [2.45, 2.75) is 45.6 Å². The Balaban J connectivity index is 1.73. The van der Waals surface area contributed by atoms with Crippen LogP contribution >= 0.6 is 0 Å². The number of nitrogens with zero attached hydrogens (tertiary/aromatic N) is 2. The fourth-order valence-electron chi connectivity index (χ4n) is 4.95. The third-order valence-corrected chi connectivity index (χ3v) is 6.89. The lowest BCUT2D eigenvalue weighted by Gasteiger charge is -2.27. The molecule has 1 N–H and O–H groups in total. The van der Waals surface area contributed by atoms with E-state index in [1.807, 2.05) is 6.07 Å². The summed E-state index contributed by atoms with van der Waals surface area (Å²) in [4.78, 5) is 5.28. The van der Waals surface area contributed by atoms with E-state index in [4.69, 9.17) is 4.98 Å². The van der Waals surface area contributed by atoms with Crippen molar-refractivity contribution in [1.82, 2.24) is 9.55 Å². The number of nitrogens with one attached hydrogen (secondary N) is 1. The average Bonchev–Trinajstić information content (AvgIpc) is 3.38. The molecule has 5 rings (SSSR count). The van der Waals surface area contributed by atoms with Gasteiger partial charge in [0.25, 0.3) is 0 Å². The van der Waals surface area contributed by atoms with Crippen LogP contribution in [0.15, 0.2) is 115 Å². The Labute approximate surface area is 220 Å². The zero-order valence-corrected chi connectivity index (χ0v) is 22.1. The molecule has 4 aromatic carbocycles. The summed E-state index contributed by atoms with van der Waals surface area (Å²) in [6, 6.07) is 38.1. The fraction of sp³-hybridized carbons (Fsp3) is 0.206. The van der Waals surface area contributed by atoms with Gasteiger partial charge < -0.3 is 9.88 Å². The van der Waals surface area contributed by atoms with Crippen molar-refractivity contribution in [3.05, 3.63) is 138 Å². The molecule has 5 aromatic rings. The Kier molecular flexibility index (Phi) is 7.23. The quantitative estimate of drug-likeness (QED) is 0.238. The number of aromatic nitrogens is 2. The van der Waals surface area contributed by atoms with E-state index in [-0.39, 0.29) is 6.04 Å². The van der Waals surface area contributed by atoms with E-state index in [1.54, 1.807) is 0 Å². The van der Waals surface area contributed by atoms with E-state index in [1.165, 1.54) is 22.4 Å².